The molecule has 0 unspecified atom stereocenters. The minimum atomic E-state index is -0.813. The molecule has 0 spiro atoms. The summed E-state index contributed by atoms with van der Waals surface area (Å²) in [5.74, 6) is -0.641. The standard InChI is InChI=1S/C23H30O5/c1-14(24)28-21(2,3)15-8-9-17-16(12-15)18(25)13-19-22(17,4)10-7-11-23(19,5)20(26)27-6/h8-9,12,19H,7,10-11,13H2,1-6H3/t19-,22-,23-/m1/s1. The SMILES string of the molecule is COC(=O)[C@]1(C)CCC[C@]2(C)c3ccc(C(C)(C)OC(C)=O)cc3C(=O)C[C@@H]12. The molecule has 5 heteroatoms. The highest BCUT2D eigenvalue weighted by Gasteiger charge is 2.57. The van der Waals surface area contributed by atoms with Gasteiger partial charge in [0.15, 0.2) is 5.78 Å². The van der Waals surface area contributed by atoms with Crippen LogP contribution in [0.1, 0.15) is 81.8 Å². The fourth-order valence-electron chi connectivity index (χ4n) is 5.49. The van der Waals surface area contributed by atoms with E-state index in [0.717, 1.165) is 30.4 Å². The van der Waals surface area contributed by atoms with Crippen LogP contribution >= 0.6 is 0 Å². The van der Waals surface area contributed by atoms with Gasteiger partial charge >= 0.3 is 11.9 Å². The van der Waals surface area contributed by atoms with Gasteiger partial charge in [0, 0.05) is 18.9 Å². The molecule has 0 amide bonds. The topological polar surface area (TPSA) is 69.7 Å². The number of ether oxygens (including phenoxy) is 2. The summed E-state index contributed by atoms with van der Waals surface area (Å²) in [5, 5.41) is 0. The number of ketones is 1. The predicted molar refractivity (Wildman–Crippen MR) is 105 cm³/mol. The van der Waals surface area contributed by atoms with E-state index in [-0.39, 0.29) is 29.1 Å². The van der Waals surface area contributed by atoms with E-state index in [1.165, 1.54) is 14.0 Å². The van der Waals surface area contributed by atoms with Crippen molar-refractivity contribution in [3.05, 3.63) is 34.9 Å². The minimum absolute atomic E-state index is 0.0370. The molecule has 3 rings (SSSR count). The Kier molecular flexibility index (Phi) is 4.93. The maximum absolute atomic E-state index is 13.1. The van der Waals surface area contributed by atoms with E-state index in [4.69, 9.17) is 9.47 Å². The van der Waals surface area contributed by atoms with Gasteiger partial charge < -0.3 is 9.47 Å². The molecule has 0 bridgehead atoms. The predicted octanol–water partition coefficient (Wildman–Crippen LogP) is 4.31. The molecule has 0 radical (unpaired) electrons. The van der Waals surface area contributed by atoms with Gasteiger partial charge in [0.25, 0.3) is 0 Å². The van der Waals surface area contributed by atoms with Crippen molar-refractivity contribution in [1.82, 2.24) is 0 Å². The average Bonchev–Trinajstić information content (AvgIpc) is 2.62. The molecule has 152 valence electrons. The van der Waals surface area contributed by atoms with E-state index in [1.807, 2.05) is 39.0 Å². The van der Waals surface area contributed by atoms with E-state index >= 15 is 0 Å². The molecule has 1 fully saturated rings. The fraction of sp³-hybridized carbons (Fsp3) is 0.609. The maximum atomic E-state index is 13.1. The molecule has 1 aromatic carbocycles. The first-order valence-electron chi connectivity index (χ1n) is 9.92. The highest BCUT2D eigenvalue weighted by molar-refractivity contribution is 6.00. The lowest BCUT2D eigenvalue weighted by Crippen LogP contribution is -2.53. The number of hydrogen-bond donors (Lipinski definition) is 0. The number of rotatable bonds is 3. The number of benzene rings is 1. The fourth-order valence-corrected chi connectivity index (χ4v) is 5.49. The van der Waals surface area contributed by atoms with Gasteiger partial charge in [-0.2, -0.15) is 0 Å². The molecule has 0 aromatic heterocycles. The minimum Gasteiger partial charge on any atom is -0.469 e. The Morgan fingerprint density at radius 2 is 1.86 bits per heavy atom. The smallest absolute Gasteiger partial charge is 0.311 e. The third-order valence-corrected chi connectivity index (χ3v) is 7.00. The summed E-state index contributed by atoms with van der Waals surface area (Å²) < 4.78 is 10.6. The summed E-state index contributed by atoms with van der Waals surface area (Å²) in [6.45, 7) is 9.13. The first-order valence-corrected chi connectivity index (χ1v) is 9.92. The number of carbonyl (C=O) groups excluding carboxylic acids is 3. The zero-order valence-corrected chi connectivity index (χ0v) is 17.7. The van der Waals surface area contributed by atoms with E-state index in [2.05, 4.69) is 6.92 Å². The first-order chi connectivity index (χ1) is 13.0. The number of fused-ring (bicyclic) bond motifs is 3. The Balaban J connectivity index is 2.09. The van der Waals surface area contributed by atoms with Gasteiger partial charge in [-0.3, -0.25) is 14.4 Å². The van der Waals surface area contributed by atoms with E-state index in [0.29, 0.717) is 12.0 Å². The maximum Gasteiger partial charge on any atom is 0.311 e. The van der Waals surface area contributed by atoms with Crippen LogP contribution in [0.4, 0.5) is 0 Å². The van der Waals surface area contributed by atoms with Crippen LogP contribution in [0.15, 0.2) is 18.2 Å². The Hall–Kier alpha value is -2.17. The van der Waals surface area contributed by atoms with Crippen molar-refractivity contribution in [2.75, 3.05) is 7.11 Å². The number of Topliss-reactive ketones (excluding diaryl/α,β-unsaturated/α-hetero) is 1. The van der Waals surface area contributed by atoms with Crippen LogP contribution in [0.25, 0.3) is 0 Å². The van der Waals surface area contributed by atoms with Crippen molar-refractivity contribution in [2.24, 2.45) is 11.3 Å². The largest absolute Gasteiger partial charge is 0.469 e. The van der Waals surface area contributed by atoms with Gasteiger partial charge in [-0.1, -0.05) is 25.5 Å². The molecular weight excluding hydrogens is 356 g/mol. The van der Waals surface area contributed by atoms with Gasteiger partial charge in [0.1, 0.15) is 5.60 Å². The van der Waals surface area contributed by atoms with Gasteiger partial charge in [-0.25, -0.2) is 0 Å². The lowest BCUT2D eigenvalue weighted by Gasteiger charge is -2.53. The molecule has 1 saturated carbocycles. The molecule has 2 aliphatic rings. The molecule has 1 aromatic rings. The lowest BCUT2D eigenvalue weighted by atomic mass is 9.49. The second-order valence-corrected chi connectivity index (χ2v) is 9.22. The molecule has 5 nitrogen and oxygen atoms in total. The third kappa shape index (κ3) is 3.05. The van der Waals surface area contributed by atoms with Crippen LogP contribution in [0.2, 0.25) is 0 Å². The van der Waals surface area contributed by atoms with E-state index in [9.17, 15) is 14.4 Å². The number of hydrogen-bond acceptors (Lipinski definition) is 5. The van der Waals surface area contributed by atoms with Crippen molar-refractivity contribution in [3.63, 3.8) is 0 Å². The zero-order valence-electron chi connectivity index (χ0n) is 17.7. The third-order valence-electron chi connectivity index (χ3n) is 7.00. The lowest BCUT2D eigenvalue weighted by molar-refractivity contribution is -0.160. The van der Waals surface area contributed by atoms with Crippen molar-refractivity contribution in [1.29, 1.82) is 0 Å². The molecule has 0 heterocycles. The van der Waals surface area contributed by atoms with Crippen LogP contribution < -0.4 is 0 Å². The summed E-state index contributed by atoms with van der Waals surface area (Å²) in [5.41, 5.74) is 0.727. The Bertz CT molecular complexity index is 839. The van der Waals surface area contributed by atoms with Gasteiger partial charge in [0.2, 0.25) is 0 Å². The molecule has 0 N–H and O–H groups in total. The summed E-state index contributed by atoms with van der Waals surface area (Å²) in [6.07, 6.45) is 2.90. The molecule has 3 atom stereocenters. The summed E-state index contributed by atoms with van der Waals surface area (Å²) in [6, 6.07) is 5.79. The van der Waals surface area contributed by atoms with Gasteiger partial charge in [-0.15, -0.1) is 0 Å². The molecule has 2 aliphatic carbocycles. The first kappa shape index (κ1) is 20.6. The van der Waals surface area contributed by atoms with Crippen LogP contribution in [0, 0.1) is 11.3 Å². The molecular formula is C23H30O5. The monoisotopic (exact) mass is 386 g/mol. The summed E-state index contributed by atoms with van der Waals surface area (Å²) in [7, 11) is 1.42. The number of esters is 2. The van der Waals surface area contributed by atoms with E-state index < -0.39 is 11.0 Å². The second kappa shape index (κ2) is 6.71. The number of methoxy groups -OCH3 is 1. The number of carbonyl (C=O) groups is 3. The van der Waals surface area contributed by atoms with E-state index in [1.54, 1.807) is 0 Å². The Morgan fingerprint density at radius 3 is 2.46 bits per heavy atom. The normalized spacial score (nSPS) is 29.5. The highest BCUT2D eigenvalue weighted by atomic mass is 16.6. The van der Waals surface area contributed by atoms with Crippen molar-refractivity contribution >= 4 is 17.7 Å². The van der Waals surface area contributed by atoms with Crippen LogP contribution in [0.3, 0.4) is 0 Å². The highest BCUT2D eigenvalue weighted by Crippen LogP contribution is 2.57. The summed E-state index contributed by atoms with van der Waals surface area (Å²) >= 11 is 0. The van der Waals surface area contributed by atoms with Crippen LogP contribution in [0.5, 0.6) is 0 Å². The molecule has 28 heavy (non-hydrogen) atoms. The zero-order chi connectivity index (χ0) is 20.9. The van der Waals surface area contributed by atoms with Crippen molar-refractivity contribution in [3.8, 4) is 0 Å². The molecule has 0 aliphatic heterocycles. The average molecular weight is 386 g/mol. The Morgan fingerprint density at radius 1 is 1.18 bits per heavy atom. The quantitative estimate of drug-likeness (QED) is 0.724. The second-order valence-electron chi connectivity index (χ2n) is 9.22. The van der Waals surface area contributed by atoms with Gasteiger partial charge in [0.05, 0.1) is 12.5 Å². The van der Waals surface area contributed by atoms with Gasteiger partial charge in [-0.05, 0) is 62.1 Å². The Labute approximate surface area is 166 Å². The van der Waals surface area contributed by atoms with Crippen molar-refractivity contribution < 1.29 is 23.9 Å². The summed E-state index contributed by atoms with van der Waals surface area (Å²) in [4.78, 5) is 37.2. The molecule has 0 saturated heterocycles. The van der Waals surface area contributed by atoms with Crippen molar-refractivity contribution in [2.45, 2.75) is 71.3 Å². The van der Waals surface area contributed by atoms with Crippen LogP contribution in [-0.2, 0) is 30.1 Å². The van der Waals surface area contributed by atoms with Crippen LogP contribution in [-0.4, -0.2) is 24.8 Å².